The molecule has 0 spiro atoms. The van der Waals surface area contributed by atoms with Crippen LogP contribution in [0.15, 0.2) is 24.3 Å². The van der Waals surface area contributed by atoms with Crippen LogP contribution >= 0.6 is 12.2 Å². The van der Waals surface area contributed by atoms with Crippen molar-refractivity contribution in [2.75, 3.05) is 13.6 Å². The van der Waals surface area contributed by atoms with Crippen molar-refractivity contribution < 1.29 is 9.59 Å². The Bertz CT molecular complexity index is 524. The molecule has 0 aromatic heterocycles. The lowest BCUT2D eigenvalue weighted by Gasteiger charge is -2.22. The Morgan fingerprint density at radius 3 is 2.15 bits per heavy atom. The third kappa shape index (κ3) is 4.03. The van der Waals surface area contributed by atoms with Crippen molar-refractivity contribution in [3.63, 3.8) is 0 Å². The third-order valence-corrected chi connectivity index (χ3v) is 3.20. The second kappa shape index (κ2) is 6.47. The minimum atomic E-state index is -0.664. The molecule has 0 aliphatic carbocycles. The minimum Gasteiger partial charge on any atom is -0.389 e. The quantitative estimate of drug-likeness (QED) is 0.702. The fraction of sp³-hybridized carbons (Fsp3) is 0.357. The van der Waals surface area contributed by atoms with Crippen LogP contribution in [-0.4, -0.2) is 30.4 Å². The molecule has 6 heteroatoms. The maximum atomic E-state index is 12.0. The Morgan fingerprint density at radius 2 is 1.70 bits per heavy atom. The van der Waals surface area contributed by atoms with Gasteiger partial charge in [0.1, 0.15) is 4.99 Å². The molecular formula is C14H19N3O2S. The second-order valence-corrected chi connectivity index (χ2v) is 5.53. The summed E-state index contributed by atoms with van der Waals surface area (Å²) in [6.45, 7) is 3.78. The van der Waals surface area contributed by atoms with Crippen molar-refractivity contribution in [2.24, 2.45) is 11.1 Å². The molecule has 20 heavy (non-hydrogen) atoms. The SMILES string of the molecule is CNC(=O)C(C)(C)CNC(=O)c1ccc(C(N)=S)cc1. The Labute approximate surface area is 123 Å². The first-order valence-corrected chi connectivity index (χ1v) is 6.59. The van der Waals surface area contributed by atoms with Crippen LogP contribution in [0.25, 0.3) is 0 Å². The second-order valence-electron chi connectivity index (χ2n) is 5.09. The number of amides is 2. The minimum absolute atomic E-state index is 0.123. The molecule has 0 atom stereocenters. The van der Waals surface area contributed by atoms with Gasteiger partial charge in [0.05, 0.1) is 5.41 Å². The molecule has 2 amide bonds. The van der Waals surface area contributed by atoms with E-state index in [-0.39, 0.29) is 23.3 Å². The van der Waals surface area contributed by atoms with Crippen molar-refractivity contribution in [3.8, 4) is 0 Å². The molecule has 0 heterocycles. The average Bonchev–Trinajstić information content (AvgIpc) is 2.43. The summed E-state index contributed by atoms with van der Waals surface area (Å²) in [6, 6.07) is 6.69. The van der Waals surface area contributed by atoms with Gasteiger partial charge in [-0.1, -0.05) is 24.4 Å². The molecule has 0 aliphatic heterocycles. The van der Waals surface area contributed by atoms with Gasteiger partial charge in [-0.25, -0.2) is 0 Å². The number of benzene rings is 1. The highest BCUT2D eigenvalue weighted by atomic mass is 32.1. The normalized spacial score (nSPS) is 10.8. The lowest BCUT2D eigenvalue weighted by Crippen LogP contribution is -2.43. The topological polar surface area (TPSA) is 84.2 Å². The van der Waals surface area contributed by atoms with E-state index in [1.54, 1.807) is 45.2 Å². The van der Waals surface area contributed by atoms with Gasteiger partial charge in [-0.15, -0.1) is 0 Å². The maximum Gasteiger partial charge on any atom is 0.251 e. The molecule has 1 aromatic rings. The summed E-state index contributed by atoms with van der Waals surface area (Å²) in [5.41, 5.74) is 6.04. The molecule has 0 radical (unpaired) electrons. The van der Waals surface area contributed by atoms with Gasteiger partial charge in [0.25, 0.3) is 5.91 Å². The van der Waals surface area contributed by atoms with Crippen molar-refractivity contribution in [1.82, 2.24) is 10.6 Å². The van der Waals surface area contributed by atoms with Crippen LogP contribution in [-0.2, 0) is 4.79 Å². The van der Waals surface area contributed by atoms with Gasteiger partial charge < -0.3 is 16.4 Å². The summed E-state index contributed by atoms with van der Waals surface area (Å²) in [7, 11) is 1.57. The van der Waals surface area contributed by atoms with Gasteiger partial charge in [-0.2, -0.15) is 0 Å². The Morgan fingerprint density at radius 1 is 1.20 bits per heavy atom. The molecule has 0 saturated heterocycles. The summed E-state index contributed by atoms with van der Waals surface area (Å²) in [5.74, 6) is -0.363. The average molecular weight is 293 g/mol. The molecule has 4 N–H and O–H groups in total. The van der Waals surface area contributed by atoms with Gasteiger partial charge in [-0.05, 0) is 26.0 Å². The predicted octanol–water partition coefficient (Wildman–Crippen LogP) is 0.823. The zero-order chi connectivity index (χ0) is 15.3. The number of hydrogen-bond acceptors (Lipinski definition) is 3. The molecule has 1 rings (SSSR count). The van der Waals surface area contributed by atoms with Crippen LogP contribution in [0.3, 0.4) is 0 Å². The molecular weight excluding hydrogens is 274 g/mol. The summed E-state index contributed by atoms with van der Waals surface area (Å²) in [4.78, 5) is 23.9. The van der Waals surface area contributed by atoms with E-state index in [0.29, 0.717) is 11.1 Å². The van der Waals surface area contributed by atoms with Crippen LogP contribution in [0.1, 0.15) is 29.8 Å². The molecule has 0 unspecified atom stereocenters. The first-order valence-electron chi connectivity index (χ1n) is 6.18. The lowest BCUT2D eigenvalue weighted by atomic mass is 9.92. The van der Waals surface area contributed by atoms with Crippen LogP contribution in [0.4, 0.5) is 0 Å². The van der Waals surface area contributed by atoms with E-state index in [1.807, 2.05) is 0 Å². The molecule has 0 bridgehead atoms. The highest BCUT2D eigenvalue weighted by Crippen LogP contribution is 2.13. The van der Waals surface area contributed by atoms with Gasteiger partial charge in [-0.3, -0.25) is 9.59 Å². The molecule has 5 nitrogen and oxygen atoms in total. The van der Waals surface area contributed by atoms with Gasteiger partial charge in [0.2, 0.25) is 5.91 Å². The zero-order valence-corrected chi connectivity index (χ0v) is 12.6. The predicted molar refractivity (Wildman–Crippen MR) is 82.5 cm³/mol. The number of carbonyl (C=O) groups is 2. The molecule has 108 valence electrons. The third-order valence-electron chi connectivity index (χ3n) is 2.96. The van der Waals surface area contributed by atoms with Crippen molar-refractivity contribution in [3.05, 3.63) is 35.4 Å². The van der Waals surface area contributed by atoms with E-state index in [9.17, 15) is 9.59 Å². The largest absolute Gasteiger partial charge is 0.389 e. The van der Waals surface area contributed by atoms with Crippen LogP contribution < -0.4 is 16.4 Å². The zero-order valence-electron chi connectivity index (χ0n) is 11.8. The van der Waals surface area contributed by atoms with E-state index in [0.717, 1.165) is 0 Å². The Hall–Kier alpha value is -1.95. The van der Waals surface area contributed by atoms with Crippen molar-refractivity contribution in [2.45, 2.75) is 13.8 Å². The molecule has 0 saturated carbocycles. The first-order chi connectivity index (χ1) is 9.27. The van der Waals surface area contributed by atoms with Gasteiger partial charge >= 0.3 is 0 Å². The number of nitrogens with one attached hydrogen (secondary N) is 2. The molecule has 0 aliphatic rings. The highest BCUT2D eigenvalue weighted by Gasteiger charge is 2.27. The lowest BCUT2D eigenvalue weighted by molar-refractivity contribution is -0.128. The fourth-order valence-corrected chi connectivity index (χ4v) is 1.74. The summed E-state index contributed by atoms with van der Waals surface area (Å²) >= 11 is 4.85. The summed E-state index contributed by atoms with van der Waals surface area (Å²) in [5, 5.41) is 5.31. The number of thiocarbonyl (C=S) groups is 1. The van der Waals surface area contributed by atoms with Gasteiger partial charge in [0.15, 0.2) is 0 Å². The van der Waals surface area contributed by atoms with E-state index in [2.05, 4.69) is 10.6 Å². The fourth-order valence-electron chi connectivity index (χ4n) is 1.61. The van der Waals surface area contributed by atoms with Crippen LogP contribution in [0, 0.1) is 5.41 Å². The first kappa shape index (κ1) is 16.1. The Kier molecular flexibility index (Phi) is 5.21. The van der Waals surface area contributed by atoms with Crippen LogP contribution in [0.2, 0.25) is 0 Å². The van der Waals surface area contributed by atoms with E-state index < -0.39 is 5.41 Å². The monoisotopic (exact) mass is 293 g/mol. The number of hydrogen-bond donors (Lipinski definition) is 3. The van der Waals surface area contributed by atoms with E-state index >= 15 is 0 Å². The van der Waals surface area contributed by atoms with Crippen LogP contribution in [0.5, 0.6) is 0 Å². The molecule has 0 fully saturated rings. The Balaban J connectivity index is 2.68. The summed E-state index contributed by atoms with van der Waals surface area (Å²) < 4.78 is 0. The number of rotatable bonds is 5. The standard InChI is InChI=1S/C14H19N3O2S/c1-14(2,13(19)16-3)8-17-12(18)10-6-4-9(5-7-10)11(15)20/h4-7H,8H2,1-3H3,(H2,15,20)(H,16,19)(H,17,18). The van der Waals surface area contributed by atoms with Gasteiger partial charge in [0, 0.05) is 24.7 Å². The van der Waals surface area contributed by atoms with Crippen molar-refractivity contribution >= 4 is 29.0 Å². The highest BCUT2D eigenvalue weighted by molar-refractivity contribution is 7.80. The summed E-state index contributed by atoms with van der Waals surface area (Å²) in [6.07, 6.45) is 0. The van der Waals surface area contributed by atoms with E-state index in [4.69, 9.17) is 18.0 Å². The van der Waals surface area contributed by atoms with Crippen molar-refractivity contribution in [1.29, 1.82) is 0 Å². The maximum absolute atomic E-state index is 12.0. The number of nitrogens with two attached hydrogens (primary N) is 1. The molecule has 1 aromatic carbocycles. The smallest absolute Gasteiger partial charge is 0.251 e. The van der Waals surface area contributed by atoms with E-state index in [1.165, 1.54) is 0 Å². The number of carbonyl (C=O) groups excluding carboxylic acids is 2.